The van der Waals surface area contributed by atoms with E-state index >= 15 is 0 Å². The maximum absolute atomic E-state index is 12.0. The number of hydrogen-bond donors (Lipinski definition) is 1. The molecule has 0 heterocycles. The predicted molar refractivity (Wildman–Crippen MR) is 70.1 cm³/mol. The minimum atomic E-state index is -1.39. The van der Waals surface area contributed by atoms with Gasteiger partial charge in [0.25, 0.3) is 0 Å². The molecule has 0 aromatic heterocycles. The van der Waals surface area contributed by atoms with Crippen LogP contribution in [0.1, 0.15) is 18.4 Å². The van der Waals surface area contributed by atoms with Gasteiger partial charge in [0.1, 0.15) is 0 Å². The zero-order valence-corrected chi connectivity index (χ0v) is 14.2. The minimum absolute atomic E-state index is 0. The number of carboxylic acid groups (broad SMARTS) is 1. The Morgan fingerprint density at radius 3 is 2.29 bits per heavy atom. The molecule has 0 radical (unpaired) electrons. The topological polar surface area (TPSA) is 104 Å². The first-order valence-electron chi connectivity index (χ1n) is 6.20. The molecule has 0 saturated heterocycles. The Labute approximate surface area is 145 Å². The molecule has 0 aliphatic rings. The van der Waals surface area contributed by atoms with E-state index in [1.807, 2.05) is 6.07 Å². The van der Waals surface area contributed by atoms with Gasteiger partial charge in [0.2, 0.25) is 11.8 Å². The number of hydrogen-bond acceptors (Lipinski definition) is 4. The second-order valence-electron chi connectivity index (χ2n) is 4.51. The number of rotatable bonds is 7. The SMILES string of the molecule is CN(C(=O)Cc1ccccc1)C(CCC(N)=O)C(=O)[O-].[Na+]. The number of carbonyl (C=O) groups excluding carboxylic acids is 3. The van der Waals surface area contributed by atoms with Gasteiger partial charge >= 0.3 is 29.6 Å². The van der Waals surface area contributed by atoms with Crippen molar-refractivity contribution in [3.63, 3.8) is 0 Å². The molecule has 0 saturated carbocycles. The molecule has 1 atom stereocenters. The predicted octanol–water partition coefficient (Wildman–Crippen LogP) is -3.92. The van der Waals surface area contributed by atoms with E-state index in [0.717, 1.165) is 10.5 Å². The maximum atomic E-state index is 12.0. The van der Waals surface area contributed by atoms with Crippen LogP contribution in [0.4, 0.5) is 0 Å². The molecule has 21 heavy (non-hydrogen) atoms. The van der Waals surface area contributed by atoms with Crippen LogP contribution in [0.3, 0.4) is 0 Å². The summed E-state index contributed by atoms with van der Waals surface area (Å²) in [6.45, 7) is 0. The largest absolute Gasteiger partial charge is 1.00 e. The van der Waals surface area contributed by atoms with Gasteiger partial charge < -0.3 is 20.5 Å². The molecule has 2 N–H and O–H groups in total. The summed E-state index contributed by atoms with van der Waals surface area (Å²) in [7, 11) is 1.38. The number of primary amides is 1. The van der Waals surface area contributed by atoms with E-state index in [1.165, 1.54) is 7.05 Å². The van der Waals surface area contributed by atoms with E-state index in [1.54, 1.807) is 24.3 Å². The van der Waals surface area contributed by atoms with Crippen LogP contribution < -0.4 is 40.4 Å². The van der Waals surface area contributed by atoms with E-state index in [4.69, 9.17) is 5.73 Å². The average Bonchev–Trinajstić information content (AvgIpc) is 2.39. The normalized spacial score (nSPS) is 11.1. The van der Waals surface area contributed by atoms with Crippen LogP contribution in [-0.2, 0) is 20.8 Å². The van der Waals surface area contributed by atoms with Crippen LogP contribution in [0.5, 0.6) is 0 Å². The maximum Gasteiger partial charge on any atom is 1.00 e. The van der Waals surface area contributed by atoms with Crippen LogP contribution in [0.15, 0.2) is 30.3 Å². The van der Waals surface area contributed by atoms with Crippen LogP contribution in [-0.4, -0.2) is 35.8 Å². The zero-order valence-electron chi connectivity index (χ0n) is 12.2. The molecule has 1 unspecified atom stereocenters. The first-order valence-corrected chi connectivity index (χ1v) is 6.20. The van der Waals surface area contributed by atoms with Crippen molar-refractivity contribution >= 4 is 17.8 Å². The molecule has 1 aromatic carbocycles. The molecule has 2 amide bonds. The second-order valence-corrected chi connectivity index (χ2v) is 4.51. The van der Waals surface area contributed by atoms with Crippen molar-refractivity contribution in [1.82, 2.24) is 4.90 Å². The second kappa shape index (κ2) is 9.55. The number of carbonyl (C=O) groups is 3. The Morgan fingerprint density at radius 2 is 1.81 bits per heavy atom. The standard InChI is InChI=1S/C14H18N2O4.Na/c1-16(11(14(19)20)7-8-12(15)17)13(18)9-10-5-3-2-4-6-10;/h2-6,11H,7-9H2,1H3,(H2,15,17)(H,19,20);/q;+1/p-1. The molecule has 0 aliphatic heterocycles. The first kappa shape index (κ1) is 19.6. The number of aliphatic carboxylic acids is 1. The summed E-state index contributed by atoms with van der Waals surface area (Å²) in [4.78, 5) is 34.9. The van der Waals surface area contributed by atoms with Crippen LogP contribution in [0.25, 0.3) is 0 Å². The molecule has 0 fully saturated rings. The molecule has 1 aromatic rings. The summed E-state index contributed by atoms with van der Waals surface area (Å²) < 4.78 is 0. The smallest absolute Gasteiger partial charge is 0.548 e. The number of carboxylic acids is 1. The molecule has 1 rings (SSSR count). The summed E-state index contributed by atoms with van der Waals surface area (Å²) in [5, 5.41) is 11.1. The fourth-order valence-corrected chi connectivity index (χ4v) is 1.82. The Kier molecular flexibility index (Phi) is 8.92. The molecule has 108 valence electrons. The van der Waals surface area contributed by atoms with Crippen molar-refractivity contribution in [1.29, 1.82) is 0 Å². The van der Waals surface area contributed by atoms with Gasteiger partial charge in [0.05, 0.1) is 18.4 Å². The molecular weight excluding hydrogens is 283 g/mol. The Morgan fingerprint density at radius 1 is 1.24 bits per heavy atom. The molecule has 0 bridgehead atoms. The van der Waals surface area contributed by atoms with Gasteiger partial charge in [0, 0.05) is 13.5 Å². The Bertz CT molecular complexity index is 493. The number of benzene rings is 1. The van der Waals surface area contributed by atoms with Crippen LogP contribution >= 0.6 is 0 Å². The van der Waals surface area contributed by atoms with Crippen molar-refractivity contribution in [3.05, 3.63) is 35.9 Å². The fraction of sp³-hybridized carbons (Fsp3) is 0.357. The van der Waals surface area contributed by atoms with E-state index in [0.29, 0.717) is 0 Å². The molecular formula is C14H17N2NaO4. The number of likely N-dealkylation sites (N-methyl/N-ethyl adjacent to an activating group) is 1. The summed E-state index contributed by atoms with van der Waals surface area (Å²) in [6, 6.07) is 7.83. The van der Waals surface area contributed by atoms with Crippen LogP contribution in [0.2, 0.25) is 0 Å². The van der Waals surface area contributed by atoms with Gasteiger partial charge in [-0.3, -0.25) is 9.59 Å². The quantitative estimate of drug-likeness (QED) is 0.519. The molecule has 0 aliphatic carbocycles. The van der Waals surface area contributed by atoms with Crippen molar-refractivity contribution < 1.29 is 49.0 Å². The average molecular weight is 300 g/mol. The first-order chi connectivity index (χ1) is 9.41. The van der Waals surface area contributed by atoms with E-state index in [-0.39, 0.29) is 54.7 Å². The van der Waals surface area contributed by atoms with Crippen molar-refractivity contribution in [2.75, 3.05) is 7.05 Å². The van der Waals surface area contributed by atoms with Gasteiger partial charge in [-0.2, -0.15) is 0 Å². The number of amides is 2. The molecule has 6 nitrogen and oxygen atoms in total. The molecule has 7 heteroatoms. The molecule has 0 spiro atoms. The van der Waals surface area contributed by atoms with E-state index < -0.39 is 17.9 Å². The zero-order chi connectivity index (χ0) is 15.1. The van der Waals surface area contributed by atoms with Gasteiger partial charge in [-0.1, -0.05) is 30.3 Å². The van der Waals surface area contributed by atoms with Crippen molar-refractivity contribution in [3.8, 4) is 0 Å². The number of nitrogens with two attached hydrogens (primary N) is 1. The minimum Gasteiger partial charge on any atom is -0.548 e. The Balaban J connectivity index is 0.00000400. The number of nitrogens with zero attached hydrogens (tertiary/aromatic N) is 1. The third-order valence-corrected chi connectivity index (χ3v) is 3.00. The third-order valence-electron chi connectivity index (χ3n) is 3.00. The van der Waals surface area contributed by atoms with E-state index in [9.17, 15) is 19.5 Å². The summed E-state index contributed by atoms with van der Waals surface area (Å²) in [5.74, 6) is -2.36. The van der Waals surface area contributed by atoms with Gasteiger partial charge in [-0.25, -0.2) is 0 Å². The van der Waals surface area contributed by atoms with Gasteiger partial charge in [-0.15, -0.1) is 0 Å². The fourth-order valence-electron chi connectivity index (χ4n) is 1.82. The van der Waals surface area contributed by atoms with E-state index in [2.05, 4.69) is 0 Å². The van der Waals surface area contributed by atoms with Crippen LogP contribution in [0, 0.1) is 0 Å². The van der Waals surface area contributed by atoms with Gasteiger partial charge in [0.15, 0.2) is 0 Å². The van der Waals surface area contributed by atoms with Gasteiger partial charge in [-0.05, 0) is 12.0 Å². The Hall–Kier alpha value is -1.37. The third kappa shape index (κ3) is 6.75. The summed E-state index contributed by atoms with van der Waals surface area (Å²) >= 11 is 0. The van der Waals surface area contributed by atoms with Crippen molar-refractivity contribution in [2.24, 2.45) is 5.73 Å². The summed E-state index contributed by atoms with van der Waals surface area (Å²) in [5.41, 5.74) is 5.77. The monoisotopic (exact) mass is 300 g/mol. The van der Waals surface area contributed by atoms with Crippen molar-refractivity contribution in [2.45, 2.75) is 25.3 Å². The summed E-state index contributed by atoms with van der Waals surface area (Å²) in [6.07, 6.45) is -0.0615.